The molecule has 2 amide bonds. The number of nitrogens with one attached hydrogen (secondary N) is 1. The first-order valence-electron chi connectivity index (χ1n) is 9.27. The molecule has 1 aromatic rings. The van der Waals surface area contributed by atoms with Crippen molar-refractivity contribution in [2.45, 2.75) is 39.2 Å². The van der Waals surface area contributed by atoms with Crippen LogP contribution in [0.3, 0.4) is 0 Å². The van der Waals surface area contributed by atoms with E-state index in [0.717, 1.165) is 0 Å². The zero-order chi connectivity index (χ0) is 20.0. The maximum absolute atomic E-state index is 12.9. The molecule has 1 heterocycles. The number of carboxylic acids is 1. The number of ether oxygens (including phenoxy) is 1. The standard InChI is InChI=1S/C20H28N2O5/c1-13(2)18(21-19(25)15-4-6-16(27-3)7-5-15)20(26)22-10-8-14(9-11-22)12-17(23)24/h4-7,13-14,18H,8-12H2,1-3H3,(H,21,25)(H,23,24). The predicted octanol–water partition coefficient (Wildman–Crippen LogP) is 2.16. The summed E-state index contributed by atoms with van der Waals surface area (Å²) in [6.45, 7) is 4.85. The summed E-state index contributed by atoms with van der Waals surface area (Å²) in [6, 6.07) is 6.11. The number of rotatable bonds is 7. The second-order valence-corrected chi connectivity index (χ2v) is 7.29. The number of methoxy groups -OCH3 is 1. The van der Waals surface area contributed by atoms with E-state index in [1.807, 2.05) is 13.8 Å². The van der Waals surface area contributed by atoms with Crippen molar-refractivity contribution in [1.82, 2.24) is 10.2 Å². The number of aliphatic carboxylic acids is 1. The van der Waals surface area contributed by atoms with Crippen LogP contribution in [0.1, 0.15) is 43.5 Å². The van der Waals surface area contributed by atoms with Crippen molar-refractivity contribution >= 4 is 17.8 Å². The number of piperidine rings is 1. The van der Waals surface area contributed by atoms with Crippen LogP contribution in [0.2, 0.25) is 0 Å². The first kappa shape index (κ1) is 20.7. The van der Waals surface area contributed by atoms with Crippen LogP contribution < -0.4 is 10.1 Å². The van der Waals surface area contributed by atoms with Crippen LogP contribution in [0.25, 0.3) is 0 Å². The van der Waals surface area contributed by atoms with E-state index in [9.17, 15) is 14.4 Å². The summed E-state index contributed by atoms with van der Waals surface area (Å²) in [7, 11) is 1.56. The highest BCUT2D eigenvalue weighted by molar-refractivity contribution is 5.97. The van der Waals surface area contributed by atoms with Crippen LogP contribution >= 0.6 is 0 Å². The topological polar surface area (TPSA) is 95.9 Å². The van der Waals surface area contributed by atoms with Crippen molar-refractivity contribution in [3.63, 3.8) is 0 Å². The smallest absolute Gasteiger partial charge is 0.303 e. The normalized spacial score (nSPS) is 16.1. The van der Waals surface area contributed by atoms with Crippen LogP contribution in [0, 0.1) is 11.8 Å². The number of hydrogen-bond acceptors (Lipinski definition) is 4. The molecule has 1 aliphatic rings. The summed E-state index contributed by atoms with van der Waals surface area (Å²) in [6.07, 6.45) is 1.49. The largest absolute Gasteiger partial charge is 0.497 e. The Bertz CT molecular complexity index is 663. The van der Waals surface area contributed by atoms with Gasteiger partial charge in [0, 0.05) is 25.1 Å². The molecule has 148 valence electrons. The molecule has 0 bridgehead atoms. The zero-order valence-electron chi connectivity index (χ0n) is 16.1. The third kappa shape index (κ3) is 5.70. The van der Waals surface area contributed by atoms with Gasteiger partial charge in [-0.05, 0) is 48.9 Å². The Morgan fingerprint density at radius 3 is 2.26 bits per heavy atom. The van der Waals surface area contributed by atoms with Gasteiger partial charge >= 0.3 is 5.97 Å². The maximum Gasteiger partial charge on any atom is 0.303 e. The number of benzene rings is 1. The van der Waals surface area contributed by atoms with E-state index in [4.69, 9.17) is 9.84 Å². The van der Waals surface area contributed by atoms with E-state index in [1.54, 1.807) is 36.3 Å². The van der Waals surface area contributed by atoms with E-state index in [1.165, 1.54) is 0 Å². The van der Waals surface area contributed by atoms with Gasteiger partial charge in [-0.15, -0.1) is 0 Å². The number of carbonyl (C=O) groups excluding carboxylic acids is 2. The highest BCUT2D eigenvalue weighted by atomic mass is 16.5. The molecular formula is C20H28N2O5. The molecule has 0 aliphatic carbocycles. The van der Waals surface area contributed by atoms with E-state index < -0.39 is 12.0 Å². The SMILES string of the molecule is COc1ccc(C(=O)NC(C(=O)N2CCC(CC(=O)O)CC2)C(C)C)cc1. The van der Waals surface area contributed by atoms with Gasteiger partial charge in [0.25, 0.3) is 5.91 Å². The maximum atomic E-state index is 12.9. The minimum Gasteiger partial charge on any atom is -0.497 e. The predicted molar refractivity (Wildman–Crippen MR) is 101 cm³/mol. The summed E-state index contributed by atoms with van der Waals surface area (Å²) in [5.74, 6) is -0.501. The molecule has 1 fully saturated rings. The molecule has 2 rings (SSSR count). The third-order valence-electron chi connectivity index (χ3n) is 4.96. The Morgan fingerprint density at radius 2 is 1.78 bits per heavy atom. The Morgan fingerprint density at radius 1 is 1.19 bits per heavy atom. The Balaban J connectivity index is 1.98. The van der Waals surface area contributed by atoms with E-state index >= 15 is 0 Å². The van der Waals surface area contributed by atoms with Gasteiger partial charge in [-0.2, -0.15) is 0 Å². The molecule has 2 N–H and O–H groups in total. The lowest BCUT2D eigenvalue weighted by molar-refractivity contribution is -0.139. The number of nitrogens with zero attached hydrogens (tertiary/aromatic N) is 1. The molecule has 7 nitrogen and oxygen atoms in total. The fraction of sp³-hybridized carbons (Fsp3) is 0.550. The molecule has 0 radical (unpaired) electrons. The first-order chi connectivity index (χ1) is 12.8. The summed E-state index contributed by atoms with van der Waals surface area (Å²) in [4.78, 5) is 38.0. The second-order valence-electron chi connectivity index (χ2n) is 7.29. The average Bonchev–Trinajstić information content (AvgIpc) is 2.65. The van der Waals surface area contributed by atoms with Gasteiger partial charge in [-0.25, -0.2) is 0 Å². The Hall–Kier alpha value is -2.57. The van der Waals surface area contributed by atoms with Crippen molar-refractivity contribution in [2.75, 3.05) is 20.2 Å². The van der Waals surface area contributed by atoms with Crippen LogP contribution in [0.4, 0.5) is 0 Å². The molecule has 1 aromatic carbocycles. The van der Waals surface area contributed by atoms with Gasteiger partial charge in [-0.3, -0.25) is 14.4 Å². The van der Waals surface area contributed by atoms with E-state index in [0.29, 0.717) is 37.2 Å². The van der Waals surface area contributed by atoms with Crippen molar-refractivity contribution in [3.05, 3.63) is 29.8 Å². The zero-order valence-corrected chi connectivity index (χ0v) is 16.1. The van der Waals surface area contributed by atoms with Gasteiger partial charge in [0.2, 0.25) is 5.91 Å². The monoisotopic (exact) mass is 376 g/mol. The molecular weight excluding hydrogens is 348 g/mol. The van der Waals surface area contributed by atoms with Crippen molar-refractivity contribution in [3.8, 4) is 5.75 Å². The van der Waals surface area contributed by atoms with Crippen LogP contribution in [-0.4, -0.2) is 54.0 Å². The van der Waals surface area contributed by atoms with Gasteiger partial charge < -0.3 is 20.1 Å². The lowest BCUT2D eigenvalue weighted by Crippen LogP contribution is -2.53. The van der Waals surface area contributed by atoms with Gasteiger partial charge in [-0.1, -0.05) is 13.8 Å². The average molecular weight is 376 g/mol. The lowest BCUT2D eigenvalue weighted by Gasteiger charge is -2.35. The Kier molecular flexibility index (Phi) is 7.21. The summed E-state index contributed by atoms with van der Waals surface area (Å²) < 4.78 is 5.09. The molecule has 27 heavy (non-hydrogen) atoms. The summed E-state index contributed by atoms with van der Waals surface area (Å²) in [5.41, 5.74) is 0.467. The molecule has 7 heteroatoms. The number of likely N-dealkylation sites (tertiary alicyclic amines) is 1. The quantitative estimate of drug-likeness (QED) is 0.760. The lowest BCUT2D eigenvalue weighted by atomic mass is 9.92. The van der Waals surface area contributed by atoms with Gasteiger partial charge in [0.1, 0.15) is 11.8 Å². The molecule has 0 spiro atoms. The minimum absolute atomic E-state index is 0.0589. The van der Waals surface area contributed by atoms with Crippen LogP contribution in [0.5, 0.6) is 5.75 Å². The van der Waals surface area contributed by atoms with E-state index in [2.05, 4.69) is 5.32 Å². The highest BCUT2D eigenvalue weighted by Gasteiger charge is 2.31. The van der Waals surface area contributed by atoms with Crippen molar-refractivity contribution in [1.29, 1.82) is 0 Å². The van der Waals surface area contributed by atoms with Crippen molar-refractivity contribution in [2.24, 2.45) is 11.8 Å². The molecule has 1 atom stereocenters. The number of carboxylic acid groups (broad SMARTS) is 1. The van der Waals surface area contributed by atoms with E-state index in [-0.39, 0.29) is 30.1 Å². The molecule has 1 unspecified atom stereocenters. The second kappa shape index (κ2) is 9.39. The highest BCUT2D eigenvalue weighted by Crippen LogP contribution is 2.22. The molecule has 1 saturated heterocycles. The minimum atomic E-state index is -0.799. The van der Waals surface area contributed by atoms with Gasteiger partial charge in [0.15, 0.2) is 0 Å². The van der Waals surface area contributed by atoms with Gasteiger partial charge in [0.05, 0.1) is 7.11 Å². The third-order valence-corrected chi connectivity index (χ3v) is 4.96. The van der Waals surface area contributed by atoms with Crippen molar-refractivity contribution < 1.29 is 24.2 Å². The fourth-order valence-corrected chi connectivity index (χ4v) is 3.28. The molecule has 0 aromatic heterocycles. The molecule has 0 saturated carbocycles. The van der Waals surface area contributed by atoms with Crippen LogP contribution in [-0.2, 0) is 9.59 Å². The number of carbonyl (C=O) groups is 3. The molecule has 1 aliphatic heterocycles. The Labute approximate surface area is 159 Å². The summed E-state index contributed by atoms with van der Waals surface area (Å²) >= 11 is 0. The van der Waals surface area contributed by atoms with Crippen LogP contribution in [0.15, 0.2) is 24.3 Å². The summed E-state index contributed by atoms with van der Waals surface area (Å²) in [5, 5.41) is 11.8. The number of hydrogen-bond donors (Lipinski definition) is 2. The number of amides is 2. The fourth-order valence-electron chi connectivity index (χ4n) is 3.28. The first-order valence-corrected chi connectivity index (χ1v) is 9.27.